The van der Waals surface area contributed by atoms with Crippen molar-refractivity contribution >= 4 is 23.5 Å². The zero-order valence-electron chi connectivity index (χ0n) is 14.7. The van der Waals surface area contributed by atoms with Crippen molar-refractivity contribution in [1.82, 2.24) is 9.55 Å². The zero-order valence-corrected chi connectivity index (χ0v) is 14.7. The van der Waals surface area contributed by atoms with E-state index in [2.05, 4.69) is 4.98 Å². The lowest BCUT2D eigenvalue weighted by Gasteiger charge is -2.23. The second kappa shape index (κ2) is 8.86. The lowest BCUT2D eigenvalue weighted by Crippen LogP contribution is -2.42. The van der Waals surface area contributed by atoms with Gasteiger partial charge in [-0.1, -0.05) is 6.92 Å². The first-order chi connectivity index (χ1) is 12.5. The van der Waals surface area contributed by atoms with E-state index in [0.29, 0.717) is 18.7 Å². The molecule has 0 saturated heterocycles. The number of ether oxygens (including phenoxy) is 1. The van der Waals surface area contributed by atoms with Gasteiger partial charge in [-0.3, -0.25) is 24.0 Å². The highest BCUT2D eigenvalue weighted by Gasteiger charge is 2.22. The van der Waals surface area contributed by atoms with E-state index in [1.54, 1.807) is 12.1 Å². The van der Waals surface area contributed by atoms with Crippen LogP contribution in [0, 0.1) is 0 Å². The number of hydrogen-bond donors (Lipinski definition) is 2. The summed E-state index contributed by atoms with van der Waals surface area (Å²) in [6, 6.07) is 3.38. The first kappa shape index (κ1) is 19.3. The summed E-state index contributed by atoms with van der Waals surface area (Å²) in [5.41, 5.74) is 4.62. The second-order valence-corrected chi connectivity index (χ2v) is 5.48. The molecule has 0 fully saturated rings. The smallest absolute Gasteiger partial charge is 0.330 e. The number of hydrogen-bond acceptors (Lipinski definition) is 6. The van der Waals surface area contributed by atoms with Crippen molar-refractivity contribution in [2.24, 2.45) is 0 Å². The Kier molecular flexibility index (Phi) is 6.56. The number of aromatic nitrogens is 2. The molecule has 2 rings (SSSR count). The summed E-state index contributed by atoms with van der Waals surface area (Å²) in [5.74, 6) is -0.0586. The third-order valence-corrected chi connectivity index (χ3v) is 3.65. The maximum absolute atomic E-state index is 12.6. The van der Waals surface area contributed by atoms with E-state index in [-0.39, 0.29) is 24.7 Å². The summed E-state index contributed by atoms with van der Waals surface area (Å²) in [7, 11) is 1.48. The van der Waals surface area contributed by atoms with Crippen molar-refractivity contribution in [3.05, 3.63) is 51.1 Å². The summed E-state index contributed by atoms with van der Waals surface area (Å²) in [5, 5.41) is 0. The van der Waals surface area contributed by atoms with Crippen molar-refractivity contribution in [3.8, 4) is 0 Å². The van der Waals surface area contributed by atoms with E-state index in [0.717, 1.165) is 0 Å². The van der Waals surface area contributed by atoms with Crippen LogP contribution in [0.25, 0.3) is 6.08 Å². The molecule has 0 unspecified atom stereocenters. The van der Waals surface area contributed by atoms with Gasteiger partial charge < -0.3 is 14.9 Å². The highest BCUT2D eigenvalue weighted by molar-refractivity contribution is 6.04. The molecule has 0 saturated carbocycles. The maximum Gasteiger partial charge on any atom is 0.330 e. The van der Waals surface area contributed by atoms with Crippen LogP contribution in [0.5, 0.6) is 0 Å². The SMILES string of the molecule is CCCn1c(N)c(N(CCOC)C(=O)/C=C/c2ccco2)c(=O)[nH]c1=O. The molecule has 0 spiro atoms. The topological polar surface area (TPSA) is 124 Å². The molecule has 9 heteroatoms. The fourth-order valence-electron chi connectivity index (χ4n) is 2.43. The number of nitrogens with zero attached hydrogens (tertiary/aromatic N) is 2. The predicted octanol–water partition coefficient (Wildman–Crippen LogP) is 0.815. The molecule has 3 N–H and O–H groups in total. The van der Waals surface area contributed by atoms with E-state index >= 15 is 0 Å². The van der Waals surface area contributed by atoms with Crippen molar-refractivity contribution < 1.29 is 13.9 Å². The minimum Gasteiger partial charge on any atom is -0.465 e. The molecule has 0 aromatic carbocycles. The van der Waals surface area contributed by atoms with E-state index in [1.807, 2.05) is 6.92 Å². The molecule has 2 aromatic rings. The highest BCUT2D eigenvalue weighted by Crippen LogP contribution is 2.17. The molecule has 0 aliphatic rings. The van der Waals surface area contributed by atoms with E-state index in [1.165, 1.54) is 35.0 Å². The largest absolute Gasteiger partial charge is 0.465 e. The second-order valence-electron chi connectivity index (χ2n) is 5.48. The van der Waals surface area contributed by atoms with Gasteiger partial charge in [0, 0.05) is 26.3 Å². The van der Waals surface area contributed by atoms with Crippen LogP contribution < -0.4 is 21.9 Å². The molecule has 0 aliphatic carbocycles. The van der Waals surface area contributed by atoms with Crippen molar-refractivity contribution in [2.45, 2.75) is 19.9 Å². The number of carbonyl (C=O) groups excluding carboxylic acids is 1. The number of H-pyrrole nitrogens is 1. The van der Waals surface area contributed by atoms with Crippen LogP contribution in [0.2, 0.25) is 0 Å². The Bertz CT molecular complexity index is 880. The van der Waals surface area contributed by atoms with Gasteiger partial charge in [0.2, 0.25) is 0 Å². The first-order valence-electron chi connectivity index (χ1n) is 8.14. The number of carbonyl (C=O) groups is 1. The molecule has 0 radical (unpaired) electrons. The molecule has 0 aliphatic heterocycles. The summed E-state index contributed by atoms with van der Waals surface area (Å²) in [6.45, 7) is 2.47. The van der Waals surface area contributed by atoms with Crippen LogP contribution >= 0.6 is 0 Å². The van der Waals surface area contributed by atoms with Crippen LogP contribution in [0.3, 0.4) is 0 Å². The van der Waals surface area contributed by atoms with Crippen molar-refractivity contribution in [1.29, 1.82) is 0 Å². The van der Waals surface area contributed by atoms with Crippen LogP contribution in [0.4, 0.5) is 11.5 Å². The lowest BCUT2D eigenvalue weighted by atomic mass is 10.3. The third kappa shape index (κ3) is 4.31. The lowest BCUT2D eigenvalue weighted by molar-refractivity contribution is -0.114. The average Bonchev–Trinajstić information content (AvgIpc) is 3.12. The van der Waals surface area contributed by atoms with Crippen molar-refractivity contribution in [3.63, 3.8) is 0 Å². The number of nitrogen functional groups attached to an aromatic ring is 1. The number of amides is 1. The number of nitrogens with two attached hydrogens (primary N) is 1. The van der Waals surface area contributed by atoms with Crippen molar-refractivity contribution in [2.75, 3.05) is 30.9 Å². The standard InChI is InChI=1S/C17H22N4O5/c1-3-8-21-15(18)14(16(23)19-17(21)24)20(9-11-25-2)13(22)7-6-12-5-4-10-26-12/h4-7,10H,3,8-9,11,18H2,1-2H3,(H,19,23,24)/b7-6+. The number of rotatable bonds is 8. The zero-order chi connectivity index (χ0) is 19.1. The Hall–Kier alpha value is -3.07. The number of methoxy groups -OCH3 is 1. The average molecular weight is 362 g/mol. The summed E-state index contributed by atoms with van der Waals surface area (Å²) in [4.78, 5) is 40.3. The van der Waals surface area contributed by atoms with Gasteiger partial charge in [0.25, 0.3) is 11.5 Å². The summed E-state index contributed by atoms with van der Waals surface area (Å²) in [6.07, 6.45) is 4.87. The van der Waals surface area contributed by atoms with Gasteiger partial charge >= 0.3 is 5.69 Å². The Labute approximate surface area is 149 Å². The number of anilines is 2. The molecule has 0 bridgehead atoms. The fourth-order valence-corrected chi connectivity index (χ4v) is 2.43. The number of furan rings is 1. The van der Waals surface area contributed by atoms with Crippen LogP contribution in [0.1, 0.15) is 19.1 Å². The van der Waals surface area contributed by atoms with Gasteiger partial charge in [-0.2, -0.15) is 0 Å². The van der Waals surface area contributed by atoms with Crippen LogP contribution in [-0.4, -0.2) is 35.7 Å². The van der Waals surface area contributed by atoms with Gasteiger partial charge in [0.15, 0.2) is 5.69 Å². The van der Waals surface area contributed by atoms with Gasteiger partial charge in [-0.15, -0.1) is 0 Å². The molecule has 2 heterocycles. The fraction of sp³-hybridized carbons (Fsp3) is 0.353. The molecule has 9 nitrogen and oxygen atoms in total. The predicted molar refractivity (Wildman–Crippen MR) is 98.0 cm³/mol. The van der Waals surface area contributed by atoms with E-state index in [9.17, 15) is 14.4 Å². The Morgan fingerprint density at radius 1 is 1.46 bits per heavy atom. The quantitative estimate of drug-likeness (QED) is 0.670. The highest BCUT2D eigenvalue weighted by atomic mass is 16.5. The minimum absolute atomic E-state index is 0.0588. The molecular formula is C17H22N4O5. The minimum atomic E-state index is -0.726. The molecule has 0 atom stereocenters. The van der Waals surface area contributed by atoms with E-state index in [4.69, 9.17) is 14.9 Å². The van der Waals surface area contributed by atoms with E-state index < -0.39 is 17.2 Å². The number of aromatic amines is 1. The van der Waals surface area contributed by atoms with Crippen LogP contribution in [0.15, 0.2) is 38.5 Å². The van der Waals surface area contributed by atoms with Gasteiger partial charge in [0.05, 0.1) is 12.9 Å². The Morgan fingerprint density at radius 2 is 2.23 bits per heavy atom. The summed E-state index contributed by atoms with van der Waals surface area (Å²) >= 11 is 0. The Morgan fingerprint density at radius 3 is 2.85 bits per heavy atom. The molecular weight excluding hydrogens is 340 g/mol. The van der Waals surface area contributed by atoms with Gasteiger partial charge in [0.1, 0.15) is 11.6 Å². The van der Waals surface area contributed by atoms with Gasteiger partial charge in [-0.05, 0) is 24.6 Å². The maximum atomic E-state index is 12.6. The Balaban J connectivity index is 2.46. The normalized spacial score (nSPS) is 11.2. The summed E-state index contributed by atoms with van der Waals surface area (Å²) < 4.78 is 11.4. The molecule has 1 amide bonds. The molecule has 2 aromatic heterocycles. The third-order valence-electron chi connectivity index (χ3n) is 3.65. The van der Waals surface area contributed by atoms with Crippen LogP contribution in [-0.2, 0) is 16.1 Å². The number of nitrogens with one attached hydrogen (secondary N) is 1. The van der Waals surface area contributed by atoms with Gasteiger partial charge in [-0.25, -0.2) is 4.79 Å². The molecule has 140 valence electrons. The monoisotopic (exact) mass is 362 g/mol. The molecule has 26 heavy (non-hydrogen) atoms. The first-order valence-corrected chi connectivity index (χ1v) is 8.14.